The molecule has 1 aliphatic rings. The number of nitrogens with zero attached hydrogens (tertiary/aromatic N) is 1. The van der Waals surface area contributed by atoms with Gasteiger partial charge in [-0.25, -0.2) is 0 Å². The van der Waals surface area contributed by atoms with E-state index in [1.165, 1.54) is 4.90 Å². The zero-order valence-corrected chi connectivity index (χ0v) is 22.6. The summed E-state index contributed by atoms with van der Waals surface area (Å²) in [4.78, 5) is 44.8. The van der Waals surface area contributed by atoms with Crippen LogP contribution in [0.1, 0.15) is 11.1 Å². The van der Waals surface area contributed by atoms with Crippen molar-refractivity contribution in [3.05, 3.63) is 168 Å². The molecule has 1 fully saturated rings. The molecule has 0 aliphatic carbocycles. The lowest BCUT2D eigenvalue weighted by molar-refractivity contribution is -0.132. The SMILES string of the molecule is O=C1C(=O)N(c2ccccc2)[C@@](C(=O)Nc2ccccc2)(c2ccccc2)C1=C(Nc1ccccc1)c1ccccc1. The molecule has 0 radical (unpaired) electrons. The standard InChI is InChI=1S/C36H27N3O3/c40-33-31(32(26-16-6-1-7-17-26)37-28-20-10-3-11-21-28)36(27-18-8-2-9-19-27,35(42)38-29-22-12-4-13-23-29)39(34(33)41)30-24-14-5-15-25-30/h1-25,37H,(H,38,42)/t36-/m0/s1. The first-order chi connectivity index (χ1) is 20.6. The van der Waals surface area contributed by atoms with Crippen molar-refractivity contribution < 1.29 is 14.4 Å². The summed E-state index contributed by atoms with van der Waals surface area (Å²) in [5.41, 5.74) is 1.32. The Bertz CT molecular complexity index is 1760. The van der Waals surface area contributed by atoms with Crippen molar-refractivity contribution in [2.45, 2.75) is 5.54 Å². The molecule has 0 aromatic heterocycles. The van der Waals surface area contributed by atoms with E-state index in [9.17, 15) is 14.4 Å². The van der Waals surface area contributed by atoms with Crippen LogP contribution in [0.2, 0.25) is 0 Å². The number of carbonyl (C=O) groups is 3. The number of ketones is 1. The van der Waals surface area contributed by atoms with Crippen LogP contribution in [0.4, 0.5) is 17.1 Å². The normalized spacial score (nSPS) is 17.6. The number of anilines is 3. The fourth-order valence-electron chi connectivity index (χ4n) is 5.41. The molecule has 6 nitrogen and oxygen atoms in total. The molecule has 5 aromatic rings. The molecule has 2 N–H and O–H groups in total. The van der Waals surface area contributed by atoms with Crippen molar-refractivity contribution in [2.24, 2.45) is 0 Å². The maximum Gasteiger partial charge on any atom is 0.300 e. The predicted octanol–water partition coefficient (Wildman–Crippen LogP) is 6.66. The van der Waals surface area contributed by atoms with Crippen molar-refractivity contribution in [1.82, 2.24) is 0 Å². The molecule has 0 spiro atoms. The number of nitrogens with one attached hydrogen (secondary N) is 2. The van der Waals surface area contributed by atoms with E-state index in [2.05, 4.69) is 10.6 Å². The summed E-state index contributed by atoms with van der Waals surface area (Å²) in [6.45, 7) is 0. The highest BCUT2D eigenvalue weighted by molar-refractivity contribution is 6.55. The first-order valence-corrected chi connectivity index (χ1v) is 13.6. The zero-order chi connectivity index (χ0) is 28.9. The lowest BCUT2D eigenvalue weighted by Crippen LogP contribution is -2.53. The van der Waals surface area contributed by atoms with Crippen LogP contribution in [-0.2, 0) is 19.9 Å². The van der Waals surface area contributed by atoms with Gasteiger partial charge in [0.05, 0.1) is 11.3 Å². The third-order valence-electron chi connectivity index (χ3n) is 7.24. The van der Waals surface area contributed by atoms with Crippen molar-refractivity contribution >= 4 is 40.4 Å². The second-order valence-corrected chi connectivity index (χ2v) is 9.81. The van der Waals surface area contributed by atoms with Crippen LogP contribution in [0.3, 0.4) is 0 Å². The monoisotopic (exact) mass is 549 g/mol. The minimum atomic E-state index is -1.86. The van der Waals surface area contributed by atoms with Gasteiger partial charge < -0.3 is 10.6 Å². The maximum atomic E-state index is 14.9. The first-order valence-electron chi connectivity index (χ1n) is 13.6. The minimum absolute atomic E-state index is 0.0334. The summed E-state index contributed by atoms with van der Waals surface area (Å²) in [7, 11) is 0. The van der Waals surface area contributed by atoms with E-state index in [-0.39, 0.29) is 5.57 Å². The van der Waals surface area contributed by atoms with Crippen LogP contribution in [0.25, 0.3) is 5.70 Å². The van der Waals surface area contributed by atoms with Crippen molar-refractivity contribution in [2.75, 3.05) is 15.5 Å². The molecule has 204 valence electrons. The van der Waals surface area contributed by atoms with E-state index in [1.807, 2.05) is 91.0 Å². The van der Waals surface area contributed by atoms with E-state index < -0.39 is 23.1 Å². The van der Waals surface area contributed by atoms with Gasteiger partial charge in [0, 0.05) is 17.1 Å². The van der Waals surface area contributed by atoms with Gasteiger partial charge in [-0.15, -0.1) is 0 Å². The fourth-order valence-corrected chi connectivity index (χ4v) is 5.41. The number of Topliss-reactive ketones (excluding diaryl/α,β-unsaturated/α-hetero) is 1. The predicted molar refractivity (Wildman–Crippen MR) is 166 cm³/mol. The number of hydrogen-bond acceptors (Lipinski definition) is 4. The average Bonchev–Trinajstić information content (AvgIpc) is 3.29. The van der Waals surface area contributed by atoms with Crippen LogP contribution in [0.5, 0.6) is 0 Å². The van der Waals surface area contributed by atoms with Gasteiger partial charge in [-0.2, -0.15) is 0 Å². The van der Waals surface area contributed by atoms with Gasteiger partial charge in [0.1, 0.15) is 0 Å². The van der Waals surface area contributed by atoms with Crippen LogP contribution < -0.4 is 15.5 Å². The van der Waals surface area contributed by atoms with Crippen LogP contribution >= 0.6 is 0 Å². The zero-order valence-electron chi connectivity index (χ0n) is 22.6. The quantitative estimate of drug-likeness (QED) is 0.176. The van der Waals surface area contributed by atoms with E-state index in [0.29, 0.717) is 33.9 Å². The molecule has 1 saturated heterocycles. The van der Waals surface area contributed by atoms with Gasteiger partial charge in [-0.05, 0) is 47.5 Å². The van der Waals surface area contributed by atoms with Gasteiger partial charge in [-0.1, -0.05) is 115 Å². The Morgan fingerprint density at radius 1 is 0.548 bits per heavy atom. The molecule has 6 rings (SSSR count). The smallest absolute Gasteiger partial charge is 0.300 e. The summed E-state index contributed by atoms with van der Waals surface area (Å²) in [5.74, 6) is -2.11. The minimum Gasteiger partial charge on any atom is -0.355 e. The Hall–Kier alpha value is -5.75. The summed E-state index contributed by atoms with van der Waals surface area (Å²) in [6, 6.07) is 45.5. The fraction of sp³-hybridized carbons (Fsp3) is 0.0278. The number of carbonyl (C=O) groups excluding carboxylic acids is 3. The third kappa shape index (κ3) is 4.65. The molecule has 1 heterocycles. The summed E-state index contributed by atoms with van der Waals surface area (Å²) < 4.78 is 0. The lowest BCUT2D eigenvalue weighted by atomic mass is 9.79. The van der Waals surface area contributed by atoms with Gasteiger partial charge in [0.15, 0.2) is 5.54 Å². The van der Waals surface area contributed by atoms with Gasteiger partial charge >= 0.3 is 5.91 Å². The average molecular weight is 550 g/mol. The largest absolute Gasteiger partial charge is 0.355 e. The highest BCUT2D eigenvalue weighted by Gasteiger charge is 2.62. The molecule has 5 aromatic carbocycles. The molecular weight excluding hydrogens is 522 g/mol. The Balaban J connectivity index is 1.73. The topological polar surface area (TPSA) is 78.5 Å². The van der Waals surface area contributed by atoms with Crippen LogP contribution in [0, 0.1) is 0 Å². The molecule has 0 unspecified atom stereocenters. The Morgan fingerprint density at radius 2 is 1.00 bits per heavy atom. The molecule has 42 heavy (non-hydrogen) atoms. The van der Waals surface area contributed by atoms with Gasteiger partial charge in [-0.3, -0.25) is 19.3 Å². The summed E-state index contributed by atoms with van der Waals surface area (Å²) in [5, 5.41) is 6.42. The van der Waals surface area contributed by atoms with E-state index >= 15 is 0 Å². The Morgan fingerprint density at radius 3 is 1.55 bits per heavy atom. The lowest BCUT2D eigenvalue weighted by Gasteiger charge is -2.38. The highest BCUT2D eigenvalue weighted by atomic mass is 16.2. The molecule has 0 bridgehead atoms. The molecule has 1 atom stereocenters. The van der Waals surface area contributed by atoms with Crippen LogP contribution in [-0.4, -0.2) is 17.6 Å². The molecule has 1 aliphatic heterocycles. The van der Waals surface area contributed by atoms with E-state index in [1.54, 1.807) is 60.7 Å². The second kappa shape index (κ2) is 11.4. The number of amides is 2. The van der Waals surface area contributed by atoms with Gasteiger partial charge in [0.25, 0.3) is 11.7 Å². The van der Waals surface area contributed by atoms with Crippen molar-refractivity contribution in [3.8, 4) is 0 Å². The Kier molecular flexibility index (Phi) is 7.18. The number of benzene rings is 5. The van der Waals surface area contributed by atoms with Gasteiger partial charge in [0.2, 0.25) is 0 Å². The maximum absolute atomic E-state index is 14.9. The number of hydrogen-bond donors (Lipinski definition) is 2. The van der Waals surface area contributed by atoms with E-state index in [4.69, 9.17) is 0 Å². The molecule has 0 saturated carbocycles. The van der Waals surface area contributed by atoms with E-state index in [0.717, 1.165) is 0 Å². The summed E-state index contributed by atoms with van der Waals surface area (Å²) in [6.07, 6.45) is 0. The number of para-hydroxylation sites is 3. The molecule has 2 amide bonds. The van der Waals surface area contributed by atoms with Crippen molar-refractivity contribution in [3.63, 3.8) is 0 Å². The third-order valence-corrected chi connectivity index (χ3v) is 7.24. The highest BCUT2D eigenvalue weighted by Crippen LogP contribution is 2.48. The number of rotatable bonds is 7. The molecular formula is C36H27N3O3. The summed E-state index contributed by atoms with van der Waals surface area (Å²) >= 11 is 0. The van der Waals surface area contributed by atoms with Crippen molar-refractivity contribution in [1.29, 1.82) is 0 Å². The van der Waals surface area contributed by atoms with Crippen LogP contribution in [0.15, 0.2) is 157 Å². The first kappa shape index (κ1) is 26.5. The molecule has 6 heteroatoms. The Labute approximate surface area is 243 Å². The second-order valence-electron chi connectivity index (χ2n) is 9.81.